The number of ether oxygens (including phenoxy) is 1. The Morgan fingerprint density at radius 1 is 1.10 bits per heavy atom. The van der Waals surface area contributed by atoms with Gasteiger partial charge in [0.25, 0.3) is 5.91 Å². The molecule has 1 amide bonds. The summed E-state index contributed by atoms with van der Waals surface area (Å²) >= 11 is 6.21. The molecule has 2 aromatic rings. The number of carbonyl (C=O) groups is 1. The van der Waals surface area contributed by atoms with Crippen molar-refractivity contribution in [3.63, 3.8) is 0 Å². The molecule has 0 aromatic heterocycles. The van der Waals surface area contributed by atoms with Gasteiger partial charge in [-0.2, -0.15) is 0 Å². The molecule has 0 unspecified atom stereocenters. The highest BCUT2D eigenvalue weighted by molar-refractivity contribution is 7.89. The summed E-state index contributed by atoms with van der Waals surface area (Å²) in [5, 5.41) is 2.89. The lowest BCUT2D eigenvalue weighted by Gasteiger charge is -2.22. The number of nitrogens with one attached hydrogen (secondary N) is 2. The highest BCUT2D eigenvalue weighted by atomic mass is 35.5. The maximum absolute atomic E-state index is 12.6. The predicted molar refractivity (Wildman–Crippen MR) is 119 cm³/mol. The van der Waals surface area contributed by atoms with Gasteiger partial charge in [-0.3, -0.25) is 4.79 Å². The van der Waals surface area contributed by atoms with Crippen LogP contribution in [-0.4, -0.2) is 27.0 Å². The van der Waals surface area contributed by atoms with Crippen LogP contribution in [0, 0.1) is 0 Å². The second kappa shape index (κ2) is 10.3. The van der Waals surface area contributed by atoms with Gasteiger partial charge in [0.15, 0.2) is 6.61 Å². The SMILES string of the molecule is CCc1ccc(NC(=O)COc2ccc(S(=O)(=O)NC3CCCCC3)cc2Cl)cc1. The summed E-state index contributed by atoms with van der Waals surface area (Å²) in [5.41, 5.74) is 1.87. The molecule has 1 saturated carbocycles. The Bertz CT molecular complexity index is 971. The normalized spacial score (nSPS) is 15.0. The Morgan fingerprint density at radius 2 is 1.80 bits per heavy atom. The smallest absolute Gasteiger partial charge is 0.262 e. The van der Waals surface area contributed by atoms with E-state index in [1.54, 1.807) is 0 Å². The van der Waals surface area contributed by atoms with Crippen LogP contribution in [0.25, 0.3) is 0 Å². The van der Waals surface area contributed by atoms with Crippen LogP contribution in [0.2, 0.25) is 5.02 Å². The van der Waals surface area contributed by atoms with Gasteiger partial charge < -0.3 is 10.1 Å². The van der Waals surface area contributed by atoms with E-state index in [4.69, 9.17) is 16.3 Å². The van der Waals surface area contributed by atoms with Crippen LogP contribution in [0.5, 0.6) is 5.75 Å². The first-order chi connectivity index (χ1) is 14.4. The molecular formula is C22H27ClN2O4S. The van der Waals surface area contributed by atoms with E-state index in [1.807, 2.05) is 24.3 Å². The average molecular weight is 451 g/mol. The summed E-state index contributed by atoms with van der Waals surface area (Å²) in [7, 11) is -3.65. The number of anilines is 1. The molecule has 1 aliphatic rings. The Labute approximate surface area is 183 Å². The lowest BCUT2D eigenvalue weighted by molar-refractivity contribution is -0.118. The maximum atomic E-state index is 12.6. The van der Waals surface area contributed by atoms with E-state index in [0.29, 0.717) is 5.69 Å². The summed E-state index contributed by atoms with van der Waals surface area (Å²) in [5.74, 6) is -0.0734. The molecule has 1 aliphatic carbocycles. The molecule has 8 heteroatoms. The van der Waals surface area contributed by atoms with E-state index >= 15 is 0 Å². The first kappa shape index (κ1) is 22.6. The van der Waals surface area contributed by atoms with Crippen molar-refractivity contribution < 1.29 is 17.9 Å². The minimum atomic E-state index is -3.65. The van der Waals surface area contributed by atoms with E-state index < -0.39 is 10.0 Å². The van der Waals surface area contributed by atoms with Crippen LogP contribution >= 0.6 is 11.6 Å². The first-order valence-electron chi connectivity index (χ1n) is 10.2. The second-order valence-corrected chi connectivity index (χ2v) is 9.56. The number of carbonyl (C=O) groups excluding carboxylic acids is 1. The van der Waals surface area contributed by atoms with Crippen LogP contribution in [0.15, 0.2) is 47.4 Å². The van der Waals surface area contributed by atoms with Crippen molar-refractivity contribution in [2.75, 3.05) is 11.9 Å². The number of hydrogen-bond acceptors (Lipinski definition) is 4. The quantitative estimate of drug-likeness (QED) is 0.618. The highest BCUT2D eigenvalue weighted by Gasteiger charge is 2.22. The van der Waals surface area contributed by atoms with Gasteiger partial charge in [-0.05, 0) is 55.2 Å². The van der Waals surface area contributed by atoms with Gasteiger partial charge in [0.1, 0.15) is 5.75 Å². The van der Waals surface area contributed by atoms with Gasteiger partial charge in [0, 0.05) is 11.7 Å². The van der Waals surface area contributed by atoms with Crippen molar-refractivity contribution in [1.82, 2.24) is 4.72 Å². The molecule has 0 heterocycles. The standard InChI is InChI=1S/C22H27ClN2O4S/c1-2-16-8-10-17(11-9-16)24-22(26)15-29-21-13-12-19(14-20(21)23)30(27,28)25-18-6-4-3-5-7-18/h8-14,18,25H,2-7,15H2,1H3,(H,24,26). The number of rotatable bonds is 8. The van der Waals surface area contributed by atoms with Crippen molar-refractivity contribution in [2.45, 2.75) is 56.4 Å². The number of amides is 1. The summed E-state index contributed by atoms with van der Waals surface area (Å²) in [6, 6.07) is 11.8. The maximum Gasteiger partial charge on any atom is 0.262 e. The van der Waals surface area contributed by atoms with Gasteiger partial charge in [0.05, 0.1) is 9.92 Å². The molecule has 2 aromatic carbocycles. The van der Waals surface area contributed by atoms with Gasteiger partial charge in [-0.1, -0.05) is 49.9 Å². The minimum absolute atomic E-state index is 0.0338. The third-order valence-corrected chi connectivity index (χ3v) is 6.96. The molecular weight excluding hydrogens is 424 g/mol. The Hall–Kier alpha value is -2.09. The molecule has 6 nitrogen and oxygen atoms in total. The number of halogens is 1. The third-order valence-electron chi connectivity index (χ3n) is 5.15. The topological polar surface area (TPSA) is 84.5 Å². The molecule has 0 spiro atoms. The molecule has 0 bridgehead atoms. The van der Waals surface area contributed by atoms with Gasteiger partial charge >= 0.3 is 0 Å². The molecule has 162 valence electrons. The lowest BCUT2D eigenvalue weighted by atomic mass is 9.96. The van der Waals surface area contributed by atoms with Crippen LogP contribution in [-0.2, 0) is 21.2 Å². The zero-order valence-corrected chi connectivity index (χ0v) is 18.6. The van der Waals surface area contributed by atoms with Crippen LogP contribution in [0.4, 0.5) is 5.69 Å². The molecule has 0 radical (unpaired) electrons. The summed E-state index contributed by atoms with van der Waals surface area (Å²) in [6.07, 6.45) is 5.84. The molecule has 0 saturated heterocycles. The Morgan fingerprint density at radius 3 is 2.43 bits per heavy atom. The molecule has 0 aliphatic heterocycles. The number of aryl methyl sites for hydroxylation is 1. The fourth-order valence-electron chi connectivity index (χ4n) is 3.44. The summed E-state index contributed by atoms with van der Waals surface area (Å²) < 4.78 is 33.4. The number of benzene rings is 2. The molecule has 3 rings (SSSR count). The van der Waals surface area contributed by atoms with Gasteiger partial charge in [-0.25, -0.2) is 13.1 Å². The van der Waals surface area contributed by atoms with Crippen LogP contribution in [0.1, 0.15) is 44.6 Å². The monoisotopic (exact) mass is 450 g/mol. The van der Waals surface area contributed by atoms with Gasteiger partial charge in [0.2, 0.25) is 10.0 Å². The van der Waals surface area contributed by atoms with Crippen molar-refractivity contribution >= 4 is 33.2 Å². The second-order valence-electron chi connectivity index (χ2n) is 7.44. The van der Waals surface area contributed by atoms with Crippen molar-refractivity contribution in [2.24, 2.45) is 0 Å². The van der Waals surface area contributed by atoms with E-state index in [1.165, 1.54) is 23.8 Å². The average Bonchev–Trinajstić information content (AvgIpc) is 2.74. The van der Waals surface area contributed by atoms with E-state index in [0.717, 1.165) is 38.5 Å². The molecule has 30 heavy (non-hydrogen) atoms. The van der Waals surface area contributed by atoms with E-state index in [-0.39, 0.29) is 34.2 Å². The minimum Gasteiger partial charge on any atom is -0.482 e. The number of hydrogen-bond donors (Lipinski definition) is 2. The van der Waals surface area contributed by atoms with Crippen LogP contribution in [0.3, 0.4) is 0 Å². The summed E-state index contributed by atoms with van der Waals surface area (Å²) in [6.45, 7) is 1.83. The Kier molecular flexibility index (Phi) is 7.75. The summed E-state index contributed by atoms with van der Waals surface area (Å²) in [4.78, 5) is 12.2. The highest BCUT2D eigenvalue weighted by Crippen LogP contribution is 2.28. The molecule has 0 atom stereocenters. The fourth-order valence-corrected chi connectivity index (χ4v) is 5.07. The molecule has 2 N–H and O–H groups in total. The zero-order chi connectivity index (χ0) is 21.6. The van der Waals surface area contributed by atoms with Crippen molar-refractivity contribution in [3.05, 3.63) is 53.1 Å². The third kappa shape index (κ3) is 6.20. The van der Waals surface area contributed by atoms with Crippen LogP contribution < -0.4 is 14.8 Å². The first-order valence-corrected chi connectivity index (χ1v) is 12.1. The number of sulfonamides is 1. The van der Waals surface area contributed by atoms with E-state index in [2.05, 4.69) is 17.0 Å². The largest absolute Gasteiger partial charge is 0.482 e. The van der Waals surface area contributed by atoms with Crippen molar-refractivity contribution in [3.8, 4) is 5.75 Å². The lowest BCUT2D eigenvalue weighted by Crippen LogP contribution is -2.36. The van der Waals surface area contributed by atoms with Gasteiger partial charge in [-0.15, -0.1) is 0 Å². The fraction of sp³-hybridized carbons (Fsp3) is 0.409. The van der Waals surface area contributed by atoms with E-state index in [9.17, 15) is 13.2 Å². The predicted octanol–water partition coefficient (Wildman–Crippen LogP) is 4.53. The molecule has 1 fully saturated rings. The zero-order valence-electron chi connectivity index (χ0n) is 17.0. The van der Waals surface area contributed by atoms with Crippen molar-refractivity contribution in [1.29, 1.82) is 0 Å². The Balaban J connectivity index is 1.57.